The first-order valence-electron chi connectivity index (χ1n) is 6.90. The molecule has 2 aromatic rings. The van der Waals surface area contributed by atoms with Crippen molar-refractivity contribution in [3.05, 3.63) is 29.2 Å². The molecule has 0 amide bonds. The second-order valence-electron chi connectivity index (χ2n) is 5.48. The number of pyridine rings is 1. The first-order valence-corrected chi connectivity index (χ1v) is 7.28. The van der Waals surface area contributed by atoms with Crippen LogP contribution in [0.3, 0.4) is 0 Å². The molecule has 19 heavy (non-hydrogen) atoms. The van der Waals surface area contributed by atoms with Crippen molar-refractivity contribution in [2.45, 2.75) is 45.2 Å². The summed E-state index contributed by atoms with van der Waals surface area (Å²) < 4.78 is 1.77. The zero-order valence-corrected chi connectivity index (χ0v) is 12.1. The van der Waals surface area contributed by atoms with Gasteiger partial charge in [0.2, 0.25) is 0 Å². The summed E-state index contributed by atoms with van der Waals surface area (Å²) in [7, 11) is 0. The van der Waals surface area contributed by atoms with Gasteiger partial charge in [0.25, 0.3) is 0 Å². The van der Waals surface area contributed by atoms with Crippen LogP contribution in [0.2, 0.25) is 5.02 Å². The molecule has 2 aromatic heterocycles. The van der Waals surface area contributed by atoms with E-state index in [9.17, 15) is 0 Å². The van der Waals surface area contributed by atoms with Crippen molar-refractivity contribution < 1.29 is 0 Å². The largest absolute Gasteiger partial charge is 0.298 e. The van der Waals surface area contributed by atoms with E-state index in [0.717, 1.165) is 17.9 Å². The molecular weight excluding hydrogens is 260 g/mol. The minimum absolute atomic E-state index is 0.566. The Morgan fingerprint density at radius 3 is 3.05 bits per heavy atom. The van der Waals surface area contributed by atoms with Crippen LogP contribution in [0.25, 0.3) is 5.65 Å². The SMILES string of the molecule is CC(C)N1CCCC1Cc1nc2c(Cl)cccn2n1. The molecule has 0 saturated carbocycles. The molecule has 3 rings (SSSR count). The zero-order chi connectivity index (χ0) is 13.4. The van der Waals surface area contributed by atoms with Gasteiger partial charge in [0, 0.05) is 24.7 Å². The standard InChI is InChI=1S/C14H19ClN4/c1-10(2)18-7-3-5-11(18)9-13-16-14-12(15)6-4-8-19(14)17-13/h4,6,8,10-11H,3,5,7,9H2,1-2H3. The number of likely N-dealkylation sites (tertiary alicyclic amines) is 1. The summed E-state index contributed by atoms with van der Waals surface area (Å²) in [5.74, 6) is 0.894. The number of halogens is 1. The Balaban J connectivity index is 1.83. The minimum Gasteiger partial charge on any atom is -0.298 e. The normalized spacial score (nSPS) is 20.7. The van der Waals surface area contributed by atoms with Crippen molar-refractivity contribution in [3.8, 4) is 0 Å². The molecule has 1 saturated heterocycles. The van der Waals surface area contributed by atoms with Crippen LogP contribution in [0.4, 0.5) is 0 Å². The third-order valence-electron chi connectivity index (χ3n) is 3.86. The van der Waals surface area contributed by atoms with Gasteiger partial charge in [-0.2, -0.15) is 5.10 Å². The summed E-state index contributed by atoms with van der Waals surface area (Å²) in [5, 5.41) is 5.19. The fourth-order valence-corrected chi connectivity index (χ4v) is 3.17. The summed E-state index contributed by atoms with van der Waals surface area (Å²) in [6.45, 7) is 5.70. The molecule has 5 heteroatoms. The van der Waals surface area contributed by atoms with E-state index >= 15 is 0 Å². The smallest absolute Gasteiger partial charge is 0.174 e. The Labute approximate surface area is 118 Å². The lowest BCUT2D eigenvalue weighted by atomic mass is 10.1. The lowest BCUT2D eigenvalue weighted by Crippen LogP contribution is -2.36. The van der Waals surface area contributed by atoms with Crippen molar-refractivity contribution in [1.29, 1.82) is 0 Å². The van der Waals surface area contributed by atoms with Gasteiger partial charge in [-0.3, -0.25) is 4.90 Å². The minimum atomic E-state index is 0.566. The lowest BCUT2D eigenvalue weighted by Gasteiger charge is -2.27. The highest BCUT2D eigenvalue weighted by Crippen LogP contribution is 2.23. The summed E-state index contributed by atoms with van der Waals surface area (Å²) >= 11 is 6.13. The summed E-state index contributed by atoms with van der Waals surface area (Å²) in [6, 6.07) is 4.90. The monoisotopic (exact) mass is 278 g/mol. The lowest BCUT2D eigenvalue weighted by molar-refractivity contribution is 0.201. The van der Waals surface area contributed by atoms with E-state index in [4.69, 9.17) is 11.6 Å². The highest BCUT2D eigenvalue weighted by molar-refractivity contribution is 6.33. The van der Waals surface area contributed by atoms with Gasteiger partial charge in [-0.05, 0) is 45.4 Å². The molecule has 0 N–H and O–H groups in total. The average molecular weight is 279 g/mol. The Morgan fingerprint density at radius 1 is 1.47 bits per heavy atom. The quantitative estimate of drug-likeness (QED) is 0.866. The zero-order valence-electron chi connectivity index (χ0n) is 11.4. The number of hydrogen-bond acceptors (Lipinski definition) is 3. The summed E-state index contributed by atoms with van der Waals surface area (Å²) in [4.78, 5) is 7.11. The highest BCUT2D eigenvalue weighted by Gasteiger charge is 2.27. The second-order valence-corrected chi connectivity index (χ2v) is 5.89. The van der Waals surface area contributed by atoms with Crippen molar-refractivity contribution in [3.63, 3.8) is 0 Å². The molecule has 1 atom stereocenters. The highest BCUT2D eigenvalue weighted by atomic mass is 35.5. The van der Waals surface area contributed by atoms with E-state index < -0.39 is 0 Å². The first kappa shape index (κ1) is 12.9. The topological polar surface area (TPSA) is 33.4 Å². The third-order valence-corrected chi connectivity index (χ3v) is 4.16. The van der Waals surface area contributed by atoms with Gasteiger partial charge >= 0.3 is 0 Å². The van der Waals surface area contributed by atoms with E-state index in [1.165, 1.54) is 19.4 Å². The Hall–Kier alpha value is -1.13. The van der Waals surface area contributed by atoms with Gasteiger partial charge in [0.1, 0.15) is 0 Å². The van der Waals surface area contributed by atoms with Crippen LogP contribution in [0, 0.1) is 0 Å². The second kappa shape index (κ2) is 5.10. The van der Waals surface area contributed by atoms with Gasteiger partial charge in [0.05, 0.1) is 5.02 Å². The van der Waals surface area contributed by atoms with Gasteiger partial charge in [0.15, 0.2) is 11.5 Å². The number of rotatable bonds is 3. The molecule has 102 valence electrons. The average Bonchev–Trinajstić information content (AvgIpc) is 2.96. The van der Waals surface area contributed by atoms with Gasteiger partial charge < -0.3 is 0 Å². The predicted molar refractivity (Wildman–Crippen MR) is 76.6 cm³/mol. The molecule has 1 aliphatic rings. The van der Waals surface area contributed by atoms with Crippen LogP contribution in [0.15, 0.2) is 18.3 Å². The predicted octanol–water partition coefficient (Wildman–Crippen LogP) is 2.80. The van der Waals surface area contributed by atoms with Crippen LogP contribution in [0.1, 0.15) is 32.5 Å². The van der Waals surface area contributed by atoms with E-state index in [-0.39, 0.29) is 0 Å². The van der Waals surface area contributed by atoms with E-state index in [2.05, 4.69) is 28.8 Å². The Kier molecular flexibility index (Phi) is 3.46. The molecule has 1 aliphatic heterocycles. The fraction of sp³-hybridized carbons (Fsp3) is 0.571. The van der Waals surface area contributed by atoms with Gasteiger partial charge in [-0.25, -0.2) is 9.50 Å². The molecule has 3 heterocycles. The van der Waals surface area contributed by atoms with Crippen molar-refractivity contribution >= 4 is 17.2 Å². The molecular formula is C14H19ClN4. The summed E-state index contributed by atoms with van der Waals surface area (Å²) in [6.07, 6.45) is 5.32. The van der Waals surface area contributed by atoms with E-state index in [1.807, 2.05) is 18.3 Å². The summed E-state index contributed by atoms with van der Waals surface area (Å²) in [5.41, 5.74) is 0.758. The molecule has 0 spiro atoms. The van der Waals surface area contributed by atoms with Crippen molar-refractivity contribution in [1.82, 2.24) is 19.5 Å². The van der Waals surface area contributed by atoms with Crippen LogP contribution >= 0.6 is 11.6 Å². The van der Waals surface area contributed by atoms with Crippen LogP contribution in [-0.4, -0.2) is 38.1 Å². The number of nitrogens with zero attached hydrogens (tertiary/aromatic N) is 4. The third kappa shape index (κ3) is 2.47. The van der Waals surface area contributed by atoms with Gasteiger partial charge in [-0.1, -0.05) is 11.6 Å². The molecule has 0 radical (unpaired) electrons. The van der Waals surface area contributed by atoms with E-state index in [0.29, 0.717) is 17.1 Å². The van der Waals surface area contributed by atoms with Crippen molar-refractivity contribution in [2.75, 3.05) is 6.54 Å². The molecule has 0 aliphatic carbocycles. The van der Waals surface area contributed by atoms with Crippen molar-refractivity contribution in [2.24, 2.45) is 0 Å². The maximum absolute atomic E-state index is 6.13. The maximum Gasteiger partial charge on any atom is 0.174 e. The maximum atomic E-state index is 6.13. The van der Waals surface area contributed by atoms with Gasteiger partial charge in [-0.15, -0.1) is 0 Å². The van der Waals surface area contributed by atoms with E-state index in [1.54, 1.807) is 4.52 Å². The van der Waals surface area contributed by atoms with Crippen LogP contribution in [0.5, 0.6) is 0 Å². The Bertz CT molecular complexity index is 578. The Morgan fingerprint density at radius 2 is 2.32 bits per heavy atom. The molecule has 0 aromatic carbocycles. The number of aromatic nitrogens is 3. The van der Waals surface area contributed by atoms with Crippen LogP contribution in [-0.2, 0) is 6.42 Å². The number of fused-ring (bicyclic) bond motifs is 1. The van der Waals surface area contributed by atoms with Crippen LogP contribution < -0.4 is 0 Å². The molecule has 1 unspecified atom stereocenters. The molecule has 0 bridgehead atoms. The fourth-order valence-electron chi connectivity index (χ4n) is 2.97. The molecule has 4 nitrogen and oxygen atoms in total. The number of hydrogen-bond donors (Lipinski definition) is 0. The molecule has 1 fully saturated rings. The first-order chi connectivity index (χ1) is 9.15.